The summed E-state index contributed by atoms with van der Waals surface area (Å²) < 4.78 is 5.08. The Labute approximate surface area is 85.3 Å². The SMILES string of the molecule is COc1ccc(CNCCCN)cc1. The highest BCUT2D eigenvalue weighted by Crippen LogP contribution is 2.10. The summed E-state index contributed by atoms with van der Waals surface area (Å²) in [6, 6.07) is 8.07. The maximum atomic E-state index is 5.39. The molecule has 0 atom stereocenters. The van der Waals surface area contributed by atoms with Gasteiger partial charge in [0.25, 0.3) is 0 Å². The third-order valence-corrected chi connectivity index (χ3v) is 2.05. The van der Waals surface area contributed by atoms with Gasteiger partial charge in [0.2, 0.25) is 0 Å². The lowest BCUT2D eigenvalue weighted by atomic mass is 10.2. The molecule has 0 saturated heterocycles. The average Bonchev–Trinajstić information content (AvgIpc) is 2.25. The monoisotopic (exact) mass is 194 g/mol. The van der Waals surface area contributed by atoms with Crippen molar-refractivity contribution in [2.24, 2.45) is 5.73 Å². The highest BCUT2D eigenvalue weighted by molar-refractivity contribution is 5.26. The number of ether oxygens (including phenoxy) is 1. The Hall–Kier alpha value is -1.06. The molecule has 1 aromatic rings. The van der Waals surface area contributed by atoms with Crippen LogP contribution < -0.4 is 15.8 Å². The van der Waals surface area contributed by atoms with Crippen LogP contribution in [0.15, 0.2) is 24.3 Å². The van der Waals surface area contributed by atoms with Gasteiger partial charge in [-0.3, -0.25) is 0 Å². The van der Waals surface area contributed by atoms with Crippen molar-refractivity contribution in [3.63, 3.8) is 0 Å². The normalized spacial score (nSPS) is 10.1. The number of rotatable bonds is 6. The van der Waals surface area contributed by atoms with Crippen molar-refractivity contribution >= 4 is 0 Å². The lowest BCUT2D eigenvalue weighted by Gasteiger charge is -2.04. The molecule has 0 aliphatic carbocycles. The Morgan fingerprint density at radius 2 is 2.00 bits per heavy atom. The molecule has 3 N–H and O–H groups in total. The molecule has 0 heterocycles. The highest BCUT2D eigenvalue weighted by Gasteiger charge is 1.93. The van der Waals surface area contributed by atoms with Crippen LogP contribution >= 0.6 is 0 Å². The van der Waals surface area contributed by atoms with Crippen molar-refractivity contribution in [2.45, 2.75) is 13.0 Å². The summed E-state index contributed by atoms with van der Waals surface area (Å²) in [6.45, 7) is 2.61. The lowest BCUT2D eigenvalue weighted by molar-refractivity contribution is 0.414. The van der Waals surface area contributed by atoms with Gasteiger partial charge in [-0.1, -0.05) is 12.1 Å². The van der Waals surface area contributed by atoms with Crippen LogP contribution in [0.5, 0.6) is 5.75 Å². The van der Waals surface area contributed by atoms with E-state index in [0.717, 1.165) is 31.8 Å². The van der Waals surface area contributed by atoms with Crippen LogP contribution in [0.1, 0.15) is 12.0 Å². The van der Waals surface area contributed by atoms with Gasteiger partial charge in [0.1, 0.15) is 5.75 Å². The Bertz CT molecular complexity index is 246. The molecule has 0 aromatic heterocycles. The van der Waals surface area contributed by atoms with Crippen LogP contribution in [0.2, 0.25) is 0 Å². The van der Waals surface area contributed by atoms with E-state index in [9.17, 15) is 0 Å². The Morgan fingerprint density at radius 3 is 2.57 bits per heavy atom. The summed E-state index contributed by atoms with van der Waals surface area (Å²) in [7, 11) is 1.68. The quantitative estimate of drug-likeness (QED) is 0.667. The molecule has 1 aromatic carbocycles. The summed E-state index contributed by atoms with van der Waals surface area (Å²) in [5.74, 6) is 0.899. The maximum absolute atomic E-state index is 5.39. The Kier molecular flexibility index (Phi) is 5.04. The standard InChI is InChI=1S/C11H18N2O/c1-14-11-5-3-10(4-6-11)9-13-8-2-7-12/h3-6,13H,2,7-9,12H2,1H3. The topological polar surface area (TPSA) is 47.3 Å². The fourth-order valence-corrected chi connectivity index (χ4v) is 1.20. The first kappa shape index (κ1) is 11.0. The minimum Gasteiger partial charge on any atom is -0.497 e. The zero-order chi connectivity index (χ0) is 10.2. The Morgan fingerprint density at radius 1 is 1.29 bits per heavy atom. The molecule has 0 amide bonds. The van der Waals surface area contributed by atoms with Crippen molar-refractivity contribution < 1.29 is 4.74 Å². The van der Waals surface area contributed by atoms with Gasteiger partial charge < -0.3 is 15.8 Å². The molecule has 1 rings (SSSR count). The highest BCUT2D eigenvalue weighted by atomic mass is 16.5. The minimum atomic E-state index is 0.746. The second-order valence-electron chi connectivity index (χ2n) is 3.17. The molecule has 0 aliphatic heterocycles. The van der Waals surface area contributed by atoms with Gasteiger partial charge in [-0.05, 0) is 37.2 Å². The van der Waals surface area contributed by atoms with Crippen LogP contribution in [-0.2, 0) is 6.54 Å². The van der Waals surface area contributed by atoms with E-state index in [1.54, 1.807) is 7.11 Å². The Balaban J connectivity index is 2.29. The summed E-state index contributed by atoms with van der Waals surface area (Å²) >= 11 is 0. The van der Waals surface area contributed by atoms with E-state index >= 15 is 0 Å². The summed E-state index contributed by atoms with van der Waals surface area (Å²) in [4.78, 5) is 0. The number of methoxy groups -OCH3 is 1. The first-order valence-electron chi connectivity index (χ1n) is 4.90. The number of hydrogen-bond acceptors (Lipinski definition) is 3. The number of hydrogen-bond donors (Lipinski definition) is 2. The summed E-state index contributed by atoms with van der Waals surface area (Å²) in [5, 5.41) is 3.32. The summed E-state index contributed by atoms with van der Waals surface area (Å²) in [6.07, 6.45) is 1.02. The van der Waals surface area contributed by atoms with E-state index in [-0.39, 0.29) is 0 Å². The molecule has 0 bridgehead atoms. The molecular weight excluding hydrogens is 176 g/mol. The van der Waals surface area contributed by atoms with Crippen molar-refractivity contribution in [2.75, 3.05) is 20.2 Å². The van der Waals surface area contributed by atoms with Gasteiger partial charge in [-0.25, -0.2) is 0 Å². The van der Waals surface area contributed by atoms with E-state index in [1.165, 1.54) is 5.56 Å². The molecular formula is C11H18N2O. The number of nitrogens with two attached hydrogens (primary N) is 1. The van der Waals surface area contributed by atoms with E-state index in [0.29, 0.717) is 0 Å². The minimum absolute atomic E-state index is 0.746. The fraction of sp³-hybridized carbons (Fsp3) is 0.455. The predicted octanol–water partition coefficient (Wildman–Crippen LogP) is 1.13. The van der Waals surface area contributed by atoms with Gasteiger partial charge >= 0.3 is 0 Å². The molecule has 14 heavy (non-hydrogen) atoms. The van der Waals surface area contributed by atoms with Crippen LogP contribution in [0.25, 0.3) is 0 Å². The van der Waals surface area contributed by atoms with E-state index < -0.39 is 0 Å². The molecule has 0 fully saturated rings. The number of benzene rings is 1. The van der Waals surface area contributed by atoms with E-state index in [2.05, 4.69) is 17.4 Å². The smallest absolute Gasteiger partial charge is 0.118 e. The van der Waals surface area contributed by atoms with E-state index in [4.69, 9.17) is 10.5 Å². The lowest BCUT2D eigenvalue weighted by Crippen LogP contribution is -2.17. The van der Waals surface area contributed by atoms with Crippen molar-refractivity contribution in [3.8, 4) is 5.75 Å². The third-order valence-electron chi connectivity index (χ3n) is 2.05. The van der Waals surface area contributed by atoms with Crippen molar-refractivity contribution in [1.29, 1.82) is 0 Å². The van der Waals surface area contributed by atoms with Crippen LogP contribution in [0.3, 0.4) is 0 Å². The van der Waals surface area contributed by atoms with Crippen molar-refractivity contribution in [3.05, 3.63) is 29.8 Å². The average molecular weight is 194 g/mol. The molecule has 3 heteroatoms. The largest absolute Gasteiger partial charge is 0.497 e. The van der Waals surface area contributed by atoms with Crippen LogP contribution in [-0.4, -0.2) is 20.2 Å². The van der Waals surface area contributed by atoms with Gasteiger partial charge in [-0.15, -0.1) is 0 Å². The van der Waals surface area contributed by atoms with E-state index in [1.807, 2.05) is 12.1 Å². The van der Waals surface area contributed by atoms with Gasteiger partial charge in [-0.2, -0.15) is 0 Å². The first-order chi connectivity index (χ1) is 6.86. The molecule has 78 valence electrons. The molecule has 3 nitrogen and oxygen atoms in total. The molecule has 0 saturated carbocycles. The number of nitrogens with one attached hydrogen (secondary N) is 1. The van der Waals surface area contributed by atoms with Gasteiger partial charge in [0, 0.05) is 6.54 Å². The third kappa shape index (κ3) is 3.77. The zero-order valence-electron chi connectivity index (χ0n) is 8.62. The molecule has 0 radical (unpaired) electrons. The predicted molar refractivity (Wildman–Crippen MR) is 58.4 cm³/mol. The van der Waals surface area contributed by atoms with Crippen molar-refractivity contribution in [1.82, 2.24) is 5.32 Å². The van der Waals surface area contributed by atoms with Crippen LogP contribution in [0.4, 0.5) is 0 Å². The maximum Gasteiger partial charge on any atom is 0.118 e. The second kappa shape index (κ2) is 6.40. The second-order valence-corrected chi connectivity index (χ2v) is 3.17. The molecule has 0 spiro atoms. The van der Waals surface area contributed by atoms with Crippen LogP contribution in [0, 0.1) is 0 Å². The molecule has 0 unspecified atom stereocenters. The summed E-state index contributed by atoms with van der Waals surface area (Å²) in [5.41, 5.74) is 6.66. The first-order valence-corrected chi connectivity index (χ1v) is 4.90. The van der Waals surface area contributed by atoms with Gasteiger partial charge in [0.15, 0.2) is 0 Å². The van der Waals surface area contributed by atoms with Gasteiger partial charge in [0.05, 0.1) is 7.11 Å². The zero-order valence-corrected chi connectivity index (χ0v) is 8.62. The molecule has 0 aliphatic rings. The fourth-order valence-electron chi connectivity index (χ4n) is 1.20.